The standard InChI is InChI=1S/C27H28N2O5/c1-15(2)18-6-8-19(9-7-18)24-23(25(30)20-10-12-21(13-11-20)33-16(3)4)26(31)27(32)29(24)22-14-17(5)34-28-22/h6-16,24,30H,1-5H3/t24-/m0/s1. The second-order valence-corrected chi connectivity index (χ2v) is 8.98. The zero-order valence-electron chi connectivity index (χ0n) is 19.9. The van der Waals surface area contributed by atoms with Crippen molar-refractivity contribution in [1.29, 1.82) is 0 Å². The first-order valence-corrected chi connectivity index (χ1v) is 11.3. The van der Waals surface area contributed by atoms with Gasteiger partial charge in [0.2, 0.25) is 0 Å². The largest absolute Gasteiger partial charge is 0.507 e. The second-order valence-electron chi connectivity index (χ2n) is 8.98. The lowest BCUT2D eigenvalue weighted by Crippen LogP contribution is -2.29. The number of nitrogens with zero attached hydrogens (tertiary/aromatic N) is 2. The van der Waals surface area contributed by atoms with Crippen LogP contribution in [0.25, 0.3) is 5.76 Å². The molecule has 1 saturated heterocycles. The van der Waals surface area contributed by atoms with Crippen molar-refractivity contribution in [3.63, 3.8) is 0 Å². The lowest BCUT2D eigenvalue weighted by atomic mass is 9.93. The molecule has 1 aliphatic heterocycles. The molecular weight excluding hydrogens is 432 g/mol. The maximum atomic E-state index is 13.2. The molecule has 1 aliphatic rings. The summed E-state index contributed by atoms with van der Waals surface area (Å²) in [7, 11) is 0. The molecule has 1 fully saturated rings. The molecule has 0 unspecified atom stereocenters. The number of aromatic nitrogens is 1. The number of carbonyl (C=O) groups is 2. The minimum absolute atomic E-state index is 0.000443. The summed E-state index contributed by atoms with van der Waals surface area (Å²) in [5.74, 6) is -0.110. The van der Waals surface area contributed by atoms with Crippen LogP contribution in [0.1, 0.15) is 62.1 Å². The summed E-state index contributed by atoms with van der Waals surface area (Å²) in [5, 5.41) is 15.2. The molecule has 0 bridgehead atoms. The van der Waals surface area contributed by atoms with Gasteiger partial charge in [-0.3, -0.25) is 14.5 Å². The van der Waals surface area contributed by atoms with Gasteiger partial charge in [-0.05, 0) is 62.1 Å². The second kappa shape index (κ2) is 9.17. The van der Waals surface area contributed by atoms with Crippen molar-refractivity contribution in [3.05, 3.63) is 82.6 Å². The van der Waals surface area contributed by atoms with E-state index in [1.807, 2.05) is 38.1 Å². The van der Waals surface area contributed by atoms with Crippen LogP contribution in [0.3, 0.4) is 0 Å². The third kappa shape index (κ3) is 4.33. The van der Waals surface area contributed by atoms with E-state index in [-0.39, 0.29) is 23.3 Å². The van der Waals surface area contributed by atoms with Crippen LogP contribution >= 0.6 is 0 Å². The van der Waals surface area contributed by atoms with Gasteiger partial charge in [-0.25, -0.2) is 0 Å². The van der Waals surface area contributed by atoms with Gasteiger partial charge in [0.25, 0.3) is 5.78 Å². The third-order valence-electron chi connectivity index (χ3n) is 5.73. The van der Waals surface area contributed by atoms with Gasteiger partial charge < -0.3 is 14.4 Å². The molecule has 34 heavy (non-hydrogen) atoms. The van der Waals surface area contributed by atoms with Crippen LogP contribution < -0.4 is 9.64 Å². The highest BCUT2D eigenvalue weighted by atomic mass is 16.5. The molecule has 2 heterocycles. The molecule has 1 aromatic heterocycles. The fourth-order valence-electron chi connectivity index (χ4n) is 4.03. The molecule has 7 nitrogen and oxygen atoms in total. The number of benzene rings is 2. The maximum Gasteiger partial charge on any atom is 0.301 e. The van der Waals surface area contributed by atoms with Crippen LogP contribution in [0.2, 0.25) is 0 Å². The van der Waals surface area contributed by atoms with Gasteiger partial charge in [-0.15, -0.1) is 0 Å². The molecular formula is C27H28N2O5. The summed E-state index contributed by atoms with van der Waals surface area (Å²) in [5.41, 5.74) is 2.22. The Hall–Kier alpha value is -3.87. The summed E-state index contributed by atoms with van der Waals surface area (Å²) in [6, 6.07) is 15.2. The van der Waals surface area contributed by atoms with E-state index in [1.165, 1.54) is 4.90 Å². The minimum Gasteiger partial charge on any atom is -0.507 e. The van der Waals surface area contributed by atoms with Crippen LogP contribution in [0.15, 0.2) is 64.7 Å². The van der Waals surface area contributed by atoms with E-state index in [0.29, 0.717) is 28.6 Å². The first kappa shape index (κ1) is 23.3. The number of amides is 1. The Morgan fingerprint density at radius 1 is 1.03 bits per heavy atom. The van der Waals surface area contributed by atoms with E-state index in [9.17, 15) is 14.7 Å². The fourth-order valence-corrected chi connectivity index (χ4v) is 4.03. The van der Waals surface area contributed by atoms with Gasteiger partial charge in [-0.2, -0.15) is 0 Å². The maximum absolute atomic E-state index is 13.2. The predicted octanol–water partition coefficient (Wildman–Crippen LogP) is 5.52. The summed E-state index contributed by atoms with van der Waals surface area (Å²) in [4.78, 5) is 27.6. The van der Waals surface area contributed by atoms with Gasteiger partial charge in [-0.1, -0.05) is 43.3 Å². The van der Waals surface area contributed by atoms with Gasteiger partial charge in [0, 0.05) is 11.6 Å². The molecule has 2 aromatic carbocycles. The number of ether oxygens (including phenoxy) is 1. The number of Topliss-reactive ketones (excluding diaryl/α,β-unsaturated/α-hetero) is 1. The average molecular weight is 461 g/mol. The van der Waals surface area contributed by atoms with Crippen LogP contribution in [0, 0.1) is 6.92 Å². The number of aryl methyl sites for hydroxylation is 1. The van der Waals surface area contributed by atoms with Gasteiger partial charge >= 0.3 is 5.91 Å². The van der Waals surface area contributed by atoms with Crippen LogP contribution in [-0.4, -0.2) is 28.1 Å². The SMILES string of the molecule is Cc1cc(N2C(=O)C(=O)C(=C(O)c3ccc(OC(C)C)cc3)[C@@H]2c2ccc(C(C)C)cc2)no1. The number of carbonyl (C=O) groups excluding carboxylic acids is 2. The molecule has 3 aromatic rings. The molecule has 1 atom stereocenters. The molecule has 1 N–H and O–H groups in total. The topological polar surface area (TPSA) is 92.9 Å². The molecule has 4 rings (SSSR count). The number of rotatable bonds is 6. The molecule has 176 valence electrons. The van der Waals surface area contributed by atoms with Crippen LogP contribution in [0.5, 0.6) is 5.75 Å². The quantitative estimate of drug-likeness (QED) is 0.296. The molecule has 0 spiro atoms. The Morgan fingerprint density at radius 2 is 1.68 bits per heavy atom. The highest BCUT2D eigenvalue weighted by Gasteiger charge is 2.48. The zero-order valence-corrected chi connectivity index (χ0v) is 19.9. The summed E-state index contributed by atoms with van der Waals surface area (Å²) in [6.07, 6.45) is 0.00417. The van der Waals surface area contributed by atoms with E-state index in [0.717, 1.165) is 5.56 Å². The smallest absolute Gasteiger partial charge is 0.301 e. The highest BCUT2D eigenvalue weighted by molar-refractivity contribution is 6.51. The van der Waals surface area contributed by atoms with E-state index < -0.39 is 17.7 Å². The number of aliphatic hydroxyl groups excluding tert-OH is 1. The zero-order chi connectivity index (χ0) is 24.6. The number of hydrogen-bond donors (Lipinski definition) is 1. The molecule has 0 radical (unpaired) electrons. The first-order valence-electron chi connectivity index (χ1n) is 11.3. The highest BCUT2D eigenvalue weighted by Crippen LogP contribution is 2.42. The first-order chi connectivity index (χ1) is 16.2. The lowest BCUT2D eigenvalue weighted by Gasteiger charge is -2.23. The Morgan fingerprint density at radius 3 is 2.21 bits per heavy atom. The number of hydrogen-bond acceptors (Lipinski definition) is 6. The van der Waals surface area contributed by atoms with Crippen molar-refractivity contribution in [2.24, 2.45) is 0 Å². The van der Waals surface area contributed by atoms with Crippen molar-refractivity contribution in [2.75, 3.05) is 4.90 Å². The molecule has 7 heteroatoms. The van der Waals surface area contributed by atoms with Crippen LogP contribution in [-0.2, 0) is 9.59 Å². The molecule has 0 saturated carbocycles. The normalized spacial score (nSPS) is 17.7. The van der Waals surface area contributed by atoms with Crippen molar-refractivity contribution in [1.82, 2.24) is 5.16 Å². The Balaban J connectivity index is 1.84. The predicted molar refractivity (Wildman–Crippen MR) is 129 cm³/mol. The van der Waals surface area contributed by atoms with Crippen LogP contribution in [0.4, 0.5) is 5.82 Å². The van der Waals surface area contributed by atoms with Gasteiger partial charge in [0.15, 0.2) is 5.82 Å². The Bertz CT molecular complexity index is 1240. The molecule has 1 amide bonds. The number of ketones is 1. The lowest BCUT2D eigenvalue weighted by molar-refractivity contribution is -0.132. The summed E-state index contributed by atoms with van der Waals surface area (Å²) >= 11 is 0. The monoisotopic (exact) mass is 460 g/mol. The summed E-state index contributed by atoms with van der Waals surface area (Å²) < 4.78 is 10.8. The number of anilines is 1. The van der Waals surface area contributed by atoms with E-state index in [1.54, 1.807) is 37.3 Å². The van der Waals surface area contributed by atoms with Crippen molar-refractivity contribution < 1.29 is 24.0 Å². The van der Waals surface area contributed by atoms with E-state index in [2.05, 4.69) is 19.0 Å². The summed E-state index contributed by atoms with van der Waals surface area (Å²) in [6.45, 7) is 9.73. The van der Waals surface area contributed by atoms with E-state index >= 15 is 0 Å². The van der Waals surface area contributed by atoms with Crippen molar-refractivity contribution in [3.8, 4) is 5.75 Å². The van der Waals surface area contributed by atoms with Gasteiger partial charge in [0.1, 0.15) is 17.3 Å². The van der Waals surface area contributed by atoms with Crippen molar-refractivity contribution >= 4 is 23.3 Å². The van der Waals surface area contributed by atoms with Crippen molar-refractivity contribution in [2.45, 2.75) is 52.7 Å². The Kier molecular flexibility index (Phi) is 6.28. The molecule has 0 aliphatic carbocycles. The van der Waals surface area contributed by atoms with E-state index in [4.69, 9.17) is 9.26 Å². The Labute approximate surface area is 198 Å². The fraction of sp³-hybridized carbons (Fsp3) is 0.296. The average Bonchev–Trinajstić information content (AvgIpc) is 3.34. The number of aliphatic hydroxyl groups is 1. The van der Waals surface area contributed by atoms with Gasteiger partial charge in [0.05, 0.1) is 17.7 Å². The third-order valence-corrected chi connectivity index (χ3v) is 5.73. The minimum atomic E-state index is -0.850.